The van der Waals surface area contributed by atoms with Gasteiger partial charge in [0.1, 0.15) is 0 Å². The third kappa shape index (κ3) is 2.83. The van der Waals surface area contributed by atoms with Gasteiger partial charge >= 0.3 is 5.97 Å². The van der Waals surface area contributed by atoms with E-state index in [9.17, 15) is 9.59 Å². The zero-order chi connectivity index (χ0) is 12.3. The van der Waals surface area contributed by atoms with E-state index >= 15 is 0 Å². The molecule has 3 N–H and O–H groups in total. The molecule has 0 spiro atoms. The molecule has 2 atom stereocenters. The second-order valence-corrected chi connectivity index (χ2v) is 4.37. The highest BCUT2D eigenvalue weighted by atomic mass is 16.4. The van der Waals surface area contributed by atoms with E-state index < -0.39 is 5.97 Å². The Hall–Kier alpha value is -1.85. The summed E-state index contributed by atoms with van der Waals surface area (Å²) in [5.74, 6) is -1.38. The second-order valence-electron chi connectivity index (χ2n) is 4.37. The molecule has 1 aromatic heterocycles. The molecule has 1 aliphatic carbocycles. The number of rotatable bonds is 4. The number of aromatic nitrogens is 2. The van der Waals surface area contributed by atoms with E-state index in [1.807, 2.05) is 0 Å². The average Bonchev–Trinajstić information content (AvgIpc) is 2.96. The lowest BCUT2D eigenvalue weighted by atomic mass is 10.0. The van der Waals surface area contributed by atoms with Crippen LogP contribution in [0.25, 0.3) is 0 Å². The van der Waals surface area contributed by atoms with Crippen molar-refractivity contribution in [3.8, 4) is 0 Å². The van der Waals surface area contributed by atoms with Crippen molar-refractivity contribution in [3.05, 3.63) is 18.0 Å². The largest absolute Gasteiger partial charge is 0.481 e. The van der Waals surface area contributed by atoms with E-state index in [1.165, 1.54) is 0 Å². The van der Waals surface area contributed by atoms with Gasteiger partial charge in [0.25, 0.3) is 0 Å². The molecule has 0 radical (unpaired) electrons. The molecule has 1 amide bonds. The Morgan fingerprint density at radius 1 is 1.47 bits per heavy atom. The predicted octanol–water partition coefficient (Wildman–Crippen LogP) is 0.527. The molecule has 1 heterocycles. The van der Waals surface area contributed by atoms with Gasteiger partial charge in [-0.1, -0.05) is 0 Å². The highest BCUT2D eigenvalue weighted by Crippen LogP contribution is 2.31. The summed E-state index contributed by atoms with van der Waals surface area (Å²) < 4.78 is 0. The second kappa shape index (κ2) is 4.99. The van der Waals surface area contributed by atoms with Crippen LogP contribution in [0, 0.1) is 11.8 Å². The SMILES string of the molecule is O=C(O)[C@H]1CC[C@@H](C(=O)NCc2cn[nH]c2)C1. The third-order valence-electron chi connectivity index (χ3n) is 3.17. The summed E-state index contributed by atoms with van der Waals surface area (Å²) in [5.41, 5.74) is 0.908. The number of hydrogen-bond donors (Lipinski definition) is 3. The lowest BCUT2D eigenvalue weighted by Crippen LogP contribution is -2.29. The first-order valence-corrected chi connectivity index (χ1v) is 5.65. The highest BCUT2D eigenvalue weighted by molar-refractivity contribution is 5.80. The maximum atomic E-state index is 11.8. The van der Waals surface area contributed by atoms with Crippen molar-refractivity contribution in [2.24, 2.45) is 11.8 Å². The number of amides is 1. The van der Waals surface area contributed by atoms with Gasteiger partial charge in [-0.05, 0) is 19.3 Å². The molecule has 1 saturated carbocycles. The van der Waals surface area contributed by atoms with Gasteiger partial charge in [-0.25, -0.2) is 0 Å². The predicted molar refractivity (Wildman–Crippen MR) is 58.9 cm³/mol. The summed E-state index contributed by atoms with van der Waals surface area (Å²) in [6.07, 6.45) is 5.07. The molecule has 0 saturated heterocycles. The van der Waals surface area contributed by atoms with Crippen LogP contribution in [0.15, 0.2) is 12.4 Å². The van der Waals surface area contributed by atoms with Crippen molar-refractivity contribution in [1.82, 2.24) is 15.5 Å². The van der Waals surface area contributed by atoms with Crippen molar-refractivity contribution in [1.29, 1.82) is 0 Å². The van der Waals surface area contributed by atoms with Crippen LogP contribution in [0.5, 0.6) is 0 Å². The van der Waals surface area contributed by atoms with Crippen LogP contribution in [0.4, 0.5) is 0 Å². The van der Waals surface area contributed by atoms with E-state index in [-0.39, 0.29) is 17.7 Å². The maximum Gasteiger partial charge on any atom is 0.306 e. The van der Waals surface area contributed by atoms with Crippen LogP contribution in [0.1, 0.15) is 24.8 Å². The fourth-order valence-electron chi connectivity index (χ4n) is 2.15. The molecule has 0 aliphatic heterocycles. The Kier molecular flexibility index (Phi) is 3.41. The lowest BCUT2D eigenvalue weighted by Gasteiger charge is -2.09. The van der Waals surface area contributed by atoms with E-state index in [2.05, 4.69) is 15.5 Å². The van der Waals surface area contributed by atoms with Crippen LogP contribution in [-0.4, -0.2) is 27.2 Å². The van der Waals surface area contributed by atoms with Gasteiger partial charge in [-0.15, -0.1) is 0 Å². The highest BCUT2D eigenvalue weighted by Gasteiger charge is 2.33. The number of carbonyl (C=O) groups is 2. The van der Waals surface area contributed by atoms with Gasteiger partial charge in [0.2, 0.25) is 5.91 Å². The average molecular weight is 237 g/mol. The van der Waals surface area contributed by atoms with E-state index in [0.717, 1.165) is 5.56 Å². The van der Waals surface area contributed by atoms with Crippen LogP contribution >= 0.6 is 0 Å². The first kappa shape index (κ1) is 11.6. The number of H-pyrrole nitrogens is 1. The van der Waals surface area contributed by atoms with Crippen molar-refractivity contribution < 1.29 is 14.7 Å². The van der Waals surface area contributed by atoms with Crippen molar-refractivity contribution in [2.75, 3.05) is 0 Å². The van der Waals surface area contributed by atoms with Crippen LogP contribution < -0.4 is 5.32 Å². The molecule has 0 bridgehead atoms. The Labute approximate surface area is 98.4 Å². The van der Waals surface area contributed by atoms with Gasteiger partial charge < -0.3 is 10.4 Å². The minimum atomic E-state index is -0.796. The summed E-state index contributed by atoms with van der Waals surface area (Å²) in [5, 5.41) is 18.1. The van der Waals surface area contributed by atoms with Crippen molar-refractivity contribution in [3.63, 3.8) is 0 Å². The third-order valence-corrected chi connectivity index (χ3v) is 3.17. The quantitative estimate of drug-likeness (QED) is 0.711. The number of aromatic amines is 1. The number of nitrogens with one attached hydrogen (secondary N) is 2. The number of nitrogens with zero attached hydrogens (tertiary/aromatic N) is 1. The molecule has 92 valence electrons. The van der Waals surface area contributed by atoms with Gasteiger partial charge in [-0.2, -0.15) is 5.10 Å². The zero-order valence-corrected chi connectivity index (χ0v) is 9.35. The van der Waals surface area contributed by atoms with Gasteiger partial charge in [0.15, 0.2) is 0 Å². The minimum Gasteiger partial charge on any atom is -0.481 e. The summed E-state index contributed by atoms with van der Waals surface area (Å²) in [4.78, 5) is 22.5. The number of hydrogen-bond acceptors (Lipinski definition) is 3. The minimum absolute atomic E-state index is 0.0602. The summed E-state index contributed by atoms with van der Waals surface area (Å²) >= 11 is 0. The van der Waals surface area contributed by atoms with Gasteiger partial charge in [0.05, 0.1) is 12.1 Å². The molecule has 6 heteroatoms. The summed E-state index contributed by atoms with van der Waals surface area (Å²) in [7, 11) is 0. The first-order valence-electron chi connectivity index (χ1n) is 5.65. The van der Waals surface area contributed by atoms with Crippen LogP contribution in [0.3, 0.4) is 0 Å². The van der Waals surface area contributed by atoms with Crippen molar-refractivity contribution in [2.45, 2.75) is 25.8 Å². The Morgan fingerprint density at radius 2 is 2.24 bits per heavy atom. The standard InChI is InChI=1S/C11H15N3O3/c15-10(12-4-7-5-13-14-6-7)8-1-2-9(3-8)11(16)17/h5-6,8-9H,1-4H2,(H,12,15)(H,13,14)(H,16,17)/t8-,9+/m1/s1. The van der Waals surface area contributed by atoms with Gasteiger partial charge in [-0.3, -0.25) is 14.7 Å². The maximum absolute atomic E-state index is 11.8. The Morgan fingerprint density at radius 3 is 2.82 bits per heavy atom. The van der Waals surface area contributed by atoms with E-state index in [4.69, 9.17) is 5.11 Å². The number of aliphatic carboxylic acids is 1. The summed E-state index contributed by atoms with van der Waals surface area (Å²) in [6.45, 7) is 0.434. The number of carbonyl (C=O) groups excluding carboxylic acids is 1. The van der Waals surface area contributed by atoms with Crippen LogP contribution in [0.2, 0.25) is 0 Å². The fourth-order valence-corrected chi connectivity index (χ4v) is 2.15. The number of carboxylic acids is 1. The molecule has 0 aromatic carbocycles. The molecule has 6 nitrogen and oxygen atoms in total. The molecule has 1 aromatic rings. The molecule has 2 rings (SSSR count). The van der Waals surface area contributed by atoms with Crippen molar-refractivity contribution >= 4 is 11.9 Å². The van der Waals surface area contributed by atoms with E-state index in [1.54, 1.807) is 12.4 Å². The molecular weight excluding hydrogens is 222 g/mol. The summed E-state index contributed by atoms with van der Waals surface area (Å²) in [6, 6.07) is 0. The smallest absolute Gasteiger partial charge is 0.306 e. The van der Waals surface area contributed by atoms with E-state index in [0.29, 0.717) is 25.8 Å². The molecule has 17 heavy (non-hydrogen) atoms. The first-order chi connectivity index (χ1) is 8.16. The molecule has 1 aliphatic rings. The topological polar surface area (TPSA) is 95.1 Å². The van der Waals surface area contributed by atoms with Gasteiger partial charge in [0, 0.05) is 24.2 Å². The molecular formula is C11H15N3O3. The molecule has 0 unspecified atom stereocenters. The monoisotopic (exact) mass is 237 g/mol. The Balaban J connectivity index is 1.79. The zero-order valence-electron chi connectivity index (χ0n) is 9.35. The Bertz CT molecular complexity index is 402. The molecule has 1 fully saturated rings. The normalized spacial score (nSPS) is 23.5. The number of carboxylic acid groups (broad SMARTS) is 1. The fraction of sp³-hybridized carbons (Fsp3) is 0.545. The lowest BCUT2D eigenvalue weighted by molar-refractivity contribution is -0.141. The van der Waals surface area contributed by atoms with Crippen LogP contribution in [-0.2, 0) is 16.1 Å².